The van der Waals surface area contributed by atoms with Gasteiger partial charge < -0.3 is 10.5 Å². The van der Waals surface area contributed by atoms with Crippen LogP contribution in [0.25, 0.3) is 0 Å². The van der Waals surface area contributed by atoms with Crippen molar-refractivity contribution in [2.24, 2.45) is 5.73 Å². The molecule has 1 fully saturated rings. The first-order valence-corrected chi connectivity index (χ1v) is 7.96. The summed E-state index contributed by atoms with van der Waals surface area (Å²) in [6.45, 7) is 6.03. The van der Waals surface area contributed by atoms with Crippen molar-refractivity contribution in [3.63, 3.8) is 0 Å². The fraction of sp³-hybridized carbons (Fsp3) is 0.316. The normalized spacial score (nSPS) is 21.2. The minimum atomic E-state index is -0.336. The summed E-state index contributed by atoms with van der Waals surface area (Å²) >= 11 is 0. The second kappa shape index (κ2) is 8.45. The number of carbonyl (C=O) groups is 1. The van der Waals surface area contributed by atoms with Crippen LogP contribution in [0.5, 0.6) is 0 Å². The molecule has 1 aliphatic heterocycles. The maximum atomic E-state index is 13.6. The molecular weight excluding hydrogens is 307 g/mol. The molecule has 1 aromatic carbocycles. The van der Waals surface area contributed by atoms with Crippen molar-refractivity contribution in [2.75, 3.05) is 0 Å². The number of allylic oxidation sites excluding steroid dienone is 2. The molecular formula is C19H23FN2O2. The third kappa shape index (κ3) is 4.80. The van der Waals surface area contributed by atoms with E-state index in [1.54, 1.807) is 30.4 Å². The number of carbonyl (C=O) groups excluding carboxylic acids is 1. The summed E-state index contributed by atoms with van der Waals surface area (Å²) in [7, 11) is 0. The molecule has 1 aromatic rings. The van der Waals surface area contributed by atoms with Crippen molar-refractivity contribution in [3.8, 4) is 0 Å². The smallest absolute Gasteiger partial charge is 0.234 e. The summed E-state index contributed by atoms with van der Waals surface area (Å²) in [6, 6.07) is 6.26. The molecule has 0 aromatic heterocycles. The number of rotatable bonds is 7. The van der Waals surface area contributed by atoms with Crippen LogP contribution >= 0.6 is 0 Å². The molecule has 0 radical (unpaired) electrons. The van der Waals surface area contributed by atoms with Crippen LogP contribution < -0.4 is 11.1 Å². The van der Waals surface area contributed by atoms with E-state index in [4.69, 9.17) is 10.5 Å². The van der Waals surface area contributed by atoms with E-state index in [-0.39, 0.29) is 30.4 Å². The standard InChI is InChI=1S/C19H23FN2O2/c1-3-15(24-12-14-6-4-5-7-16(14)20)9-8-13(2)17-10-11-18(22-17)19(21)23/h3-9,17-18,22H,2,10-12H2,1H3,(H2,21,23)/b9-8-,15-3+/t17-,18+/m1/s1. The Labute approximate surface area is 141 Å². The van der Waals surface area contributed by atoms with Gasteiger partial charge in [-0.1, -0.05) is 30.9 Å². The van der Waals surface area contributed by atoms with Gasteiger partial charge >= 0.3 is 0 Å². The second-order valence-corrected chi connectivity index (χ2v) is 5.73. The molecule has 0 unspecified atom stereocenters. The molecule has 4 nitrogen and oxygen atoms in total. The maximum absolute atomic E-state index is 13.6. The van der Waals surface area contributed by atoms with E-state index in [9.17, 15) is 9.18 Å². The Morgan fingerprint density at radius 2 is 2.08 bits per heavy atom. The molecule has 0 saturated carbocycles. The van der Waals surface area contributed by atoms with Crippen molar-refractivity contribution >= 4 is 5.91 Å². The van der Waals surface area contributed by atoms with Crippen LogP contribution in [-0.4, -0.2) is 18.0 Å². The predicted octanol–water partition coefficient (Wildman–Crippen LogP) is 2.96. The Morgan fingerprint density at radius 1 is 1.38 bits per heavy atom. The minimum absolute atomic E-state index is 0.0309. The third-order valence-corrected chi connectivity index (χ3v) is 4.04. The highest BCUT2D eigenvalue weighted by atomic mass is 19.1. The van der Waals surface area contributed by atoms with Gasteiger partial charge in [0.15, 0.2) is 0 Å². The molecule has 0 bridgehead atoms. The number of primary amides is 1. The molecule has 0 aliphatic carbocycles. The Balaban J connectivity index is 1.88. The molecule has 24 heavy (non-hydrogen) atoms. The first kappa shape index (κ1) is 17.9. The SMILES string of the molecule is C=C(/C=C\C(=C/C)OCc1ccccc1F)[C@H]1CC[C@@H](C(N)=O)N1. The van der Waals surface area contributed by atoms with Gasteiger partial charge in [-0.25, -0.2) is 4.39 Å². The number of benzene rings is 1. The van der Waals surface area contributed by atoms with Gasteiger partial charge in [0, 0.05) is 11.6 Å². The molecule has 1 saturated heterocycles. The van der Waals surface area contributed by atoms with Gasteiger partial charge in [0.25, 0.3) is 0 Å². The lowest BCUT2D eigenvalue weighted by atomic mass is 10.1. The molecule has 1 aliphatic rings. The summed E-state index contributed by atoms with van der Waals surface area (Å²) in [4.78, 5) is 11.2. The number of ether oxygens (including phenoxy) is 1. The lowest BCUT2D eigenvalue weighted by Gasteiger charge is -2.13. The fourth-order valence-corrected chi connectivity index (χ4v) is 2.57. The number of nitrogens with one attached hydrogen (secondary N) is 1. The van der Waals surface area contributed by atoms with Crippen molar-refractivity contribution in [3.05, 3.63) is 71.8 Å². The highest BCUT2D eigenvalue weighted by Gasteiger charge is 2.28. The lowest BCUT2D eigenvalue weighted by Crippen LogP contribution is -2.39. The topological polar surface area (TPSA) is 64.3 Å². The van der Waals surface area contributed by atoms with Gasteiger partial charge in [0.05, 0.1) is 6.04 Å². The number of amides is 1. The third-order valence-electron chi connectivity index (χ3n) is 4.04. The van der Waals surface area contributed by atoms with Crippen LogP contribution in [0, 0.1) is 5.82 Å². The molecule has 128 valence electrons. The van der Waals surface area contributed by atoms with Crippen LogP contribution in [-0.2, 0) is 16.1 Å². The largest absolute Gasteiger partial charge is 0.489 e. The van der Waals surface area contributed by atoms with Crippen LogP contribution in [0.4, 0.5) is 4.39 Å². The van der Waals surface area contributed by atoms with Crippen LogP contribution in [0.3, 0.4) is 0 Å². The summed E-state index contributed by atoms with van der Waals surface area (Å²) < 4.78 is 19.2. The molecule has 2 atom stereocenters. The van der Waals surface area contributed by atoms with E-state index in [0.29, 0.717) is 17.7 Å². The Kier molecular flexibility index (Phi) is 6.32. The Hall–Kier alpha value is -2.40. The van der Waals surface area contributed by atoms with E-state index >= 15 is 0 Å². The maximum Gasteiger partial charge on any atom is 0.234 e. The van der Waals surface area contributed by atoms with Crippen LogP contribution in [0.1, 0.15) is 25.3 Å². The van der Waals surface area contributed by atoms with Gasteiger partial charge in [-0.3, -0.25) is 10.1 Å². The van der Waals surface area contributed by atoms with Crippen LogP contribution in [0.15, 0.2) is 60.4 Å². The molecule has 2 rings (SSSR count). The minimum Gasteiger partial charge on any atom is -0.489 e. The number of hydrogen-bond donors (Lipinski definition) is 2. The molecule has 1 amide bonds. The fourth-order valence-electron chi connectivity index (χ4n) is 2.57. The Morgan fingerprint density at radius 3 is 2.71 bits per heavy atom. The molecule has 0 spiro atoms. The highest BCUT2D eigenvalue weighted by molar-refractivity contribution is 5.80. The second-order valence-electron chi connectivity index (χ2n) is 5.73. The lowest BCUT2D eigenvalue weighted by molar-refractivity contribution is -0.119. The van der Waals surface area contributed by atoms with Crippen molar-refractivity contribution in [1.82, 2.24) is 5.32 Å². The molecule has 1 heterocycles. The quantitative estimate of drug-likeness (QED) is 0.597. The zero-order valence-corrected chi connectivity index (χ0v) is 13.8. The van der Waals surface area contributed by atoms with E-state index in [2.05, 4.69) is 11.9 Å². The Bertz CT molecular complexity index is 667. The zero-order chi connectivity index (χ0) is 17.5. The zero-order valence-electron chi connectivity index (χ0n) is 13.8. The van der Waals surface area contributed by atoms with Crippen molar-refractivity contribution in [1.29, 1.82) is 0 Å². The van der Waals surface area contributed by atoms with Gasteiger partial charge in [-0.05, 0) is 43.6 Å². The molecule has 5 heteroatoms. The van der Waals surface area contributed by atoms with Crippen molar-refractivity contribution in [2.45, 2.75) is 38.5 Å². The average Bonchev–Trinajstić information content (AvgIpc) is 3.06. The van der Waals surface area contributed by atoms with E-state index in [1.807, 2.05) is 13.0 Å². The summed E-state index contributed by atoms with van der Waals surface area (Å²) in [5.41, 5.74) is 6.66. The first-order chi connectivity index (χ1) is 11.5. The van der Waals surface area contributed by atoms with Crippen molar-refractivity contribution < 1.29 is 13.9 Å². The van der Waals surface area contributed by atoms with Crippen LogP contribution in [0.2, 0.25) is 0 Å². The van der Waals surface area contributed by atoms with Gasteiger partial charge in [0.2, 0.25) is 5.91 Å². The van der Waals surface area contributed by atoms with E-state index in [1.165, 1.54) is 6.07 Å². The summed E-state index contributed by atoms with van der Waals surface area (Å²) in [5, 5.41) is 3.16. The van der Waals surface area contributed by atoms with Gasteiger partial charge in [-0.15, -0.1) is 0 Å². The van der Waals surface area contributed by atoms with Gasteiger partial charge in [-0.2, -0.15) is 0 Å². The predicted molar refractivity (Wildman–Crippen MR) is 92.4 cm³/mol. The number of hydrogen-bond acceptors (Lipinski definition) is 3. The van der Waals surface area contributed by atoms with E-state index < -0.39 is 0 Å². The number of nitrogens with two attached hydrogens (primary N) is 1. The van der Waals surface area contributed by atoms with E-state index in [0.717, 1.165) is 12.0 Å². The highest BCUT2D eigenvalue weighted by Crippen LogP contribution is 2.19. The van der Waals surface area contributed by atoms with Gasteiger partial charge in [0.1, 0.15) is 18.2 Å². The monoisotopic (exact) mass is 330 g/mol. The molecule has 3 N–H and O–H groups in total. The summed E-state index contributed by atoms with van der Waals surface area (Å²) in [6.07, 6.45) is 6.98. The first-order valence-electron chi connectivity index (χ1n) is 7.96. The average molecular weight is 330 g/mol. The number of halogens is 1. The summed E-state index contributed by atoms with van der Waals surface area (Å²) in [5.74, 6) is 0.00878.